The van der Waals surface area contributed by atoms with Crippen molar-refractivity contribution in [3.63, 3.8) is 0 Å². The van der Waals surface area contributed by atoms with Crippen molar-refractivity contribution in [2.24, 2.45) is 0 Å². The number of thioether (sulfide) groups is 2. The first-order valence-electron chi connectivity index (χ1n) is 9.78. The number of hydrogen-bond acceptors (Lipinski definition) is 3. The predicted octanol–water partition coefficient (Wildman–Crippen LogP) is 6.82. The summed E-state index contributed by atoms with van der Waals surface area (Å²) in [5.41, 5.74) is 5.88. The van der Waals surface area contributed by atoms with Gasteiger partial charge in [0.05, 0.1) is 4.58 Å². The Morgan fingerprint density at radius 3 is 1.86 bits per heavy atom. The molecule has 0 saturated heterocycles. The van der Waals surface area contributed by atoms with Crippen molar-refractivity contribution in [1.29, 1.82) is 0 Å². The van der Waals surface area contributed by atoms with Crippen LogP contribution in [-0.4, -0.2) is 10.5 Å². The van der Waals surface area contributed by atoms with Crippen LogP contribution in [0.3, 0.4) is 0 Å². The number of aryl methyl sites for hydroxylation is 2. The summed E-state index contributed by atoms with van der Waals surface area (Å²) in [6.07, 6.45) is 0.488. The van der Waals surface area contributed by atoms with Gasteiger partial charge in [-0.25, -0.2) is 0 Å². The third-order valence-corrected chi connectivity index (χ3v) is 7.59. The molecule has 0 aromatic heterocycles. The zero-order valence-corrected chi connectivity index (χ0v) is 18.6. The fourth-order valence-electron chi connectivity index (χ4n) is 2.88. The van der Waals surface area contributed by atoms with Crippen LogP contribution < -0.4 is 5.32 Å². The van der Waals surface area contributed by atoms with Crippen molar-refractivity contribution in [3.8, 4) is 0 Å². The Morgan fingerprint density at radius 1 is 0.793 bits per heavy atom. The smallest absolute Gasteiger partial charge is 0.226 e. The van der Waals surface area contributed by atoms with E-state index in [-0.39, 0.29) is 10.5 Å². The van der Waals surface area contributed by atoms with Crippen LogP contribution in [0.2, 0.25) is 0 Å². The molecule has 0 fully saturated rings. The molecule has 1 amide bonds. The van der Waals surface area contributed by atoms with Crippen molar-refractivity contribution >= 4 is 35.1 Å². The molecule has 3 rings (SSSR count). The van der Waals surface area contributed by atoms with Crippen LogP contribution in [0.1, 0.15) is 28.7 Å². The Kier molecular flexibility index (Phi) is 8.26. The molecule has 0 aliphatic heterocycles. The minimum absolute atomic E-state index is 0.0689. The van der Waals surface area contributed by atoms with Gasteiger partial charge in [-0.2, -0.15) is 0 Å². The molecular formula is C25H27NOS2. The second kappa shape index (κ2) is 11.1. The maximum atomic E-state index is 12.7. The number of benzene rings is 3. The maximum absolute atomic E-state index is 12.7. The molecule has 0 bridgehead atoms. The SMILES string of the molecule is Cc1ccc(NC(=O)CC(SCc2ccccc2)SCc2ccccc2)cc1C. The van der Waals surface area contributed by atoms with Crippen molar-refractivity contribution in [3.05, 3.63) is 101 Å². The molecule has 0 atom stereocenters. The lowest BCUT2D eigenvalue weighted by atomic mass is 10.1. The minimum Gasteiger partial charge on any atom is -0.326 e. The second-order valence-electron chi connectivity index (χ2n) is 7.07. The molecule has 29 heavy (non-hydrogen) atoms. The molecule has 0 heterocycles. The highest BCUT2D eigenvalue weighted by Gasteiger charge is 2.16. The van der Waals surface area contributed by atoms with Gasteiger partial charge in [0.15, 0.2) is 0 Å². The lowest BCUT2D eigenvalue weighted by Crippen LogP contribution is -2.16. The average molecular weight is 422 g/mol. The maximum Gasteiger partial charge on any atom is 0.226 e. The van der Waals surface area contributed by atoms with Crippen LogP contribution in [0.25, 0.3) is 0 Å². The topological polar surface area (TPSA) is 29.1 Å². The molecule has 1 N–H and O–H groups in total. The van der Waals surface area contributed by atoms with Crippen LogP contribution in [0.4, 0.5) is 5.69 Å². The molecule has 3 aromatic carbocycles. The first kappa shape index (κ1) is 21.5. The minimum atomic E-state index is 0.0689. The van der Waals surface area contributed by atoms with E-state index in [0.717, 1.165) is 17.2 Å². The number of nitrogens with one attached hydrogen (secondary N) is 1. The fraction of sp³-hybridized carbons (Fsp3) is 0.240. The summed E-state index contributed by atoms with van der Waals surface area (Å²) >= 11 is 3.68. The molecule has 4 heteroatoms. The Balaban J connectivity index is 1.60. The summed E-state index contributed by atoms with van der Waals surface area (Å²) in [6, 6.07) is 27.0. The van der Waals surface area contributed by atoms with Crippen LogP contribution in [-0.2, 0) is 16.3 Å². The predicted molar refractivity (Wildman–Crippen MR) is 128 cm³/mol. The summed E-state index contributed by atoms with van der Waals surface area (Å²) in [4.78, 5) is 12.7. The second-order valence-corrected chi connectivity index (χ2v) is 9.75. The van der Waals surface area contributed by atoms with Crippen LogP contribution in [0.15, 0.2) is 78.9 Å². The van der Waals surface area contributed by atoms with Gasteiger partial charge in [-0.05, 0) is 48.2 Å². The van der Waals surface area contributed by atoms with Crippen LogP contribution >= 0.6 is 23.5 Å². The van der Waals surface area contributed by atoms with Gasteiger partial charge in [-0.3, -0.25) is 4.79 Å². The van der Waals surface area contributed by atoms with E-state index in [1.807, 2.05) is 47.8 Å². The van der Waals surface area contributed by atoms with Crippen molar-refractivity contribution in [2.75, 3.05) is 5.32 Å². The average Bonchev–Trinajstić information content (AvgIpc) is 2.74. The zero-order valence-electron chi connectivity index (χ0n) is 16.9. The van der Waals surface area contributed by atoms with Gasteiger partial charge in [0, 0.05) is 23.6 Å². The lowest BCUT2D eigenvalue weighted by molar-refractivity contribution is -0.115. The van der Waals surface area contributed by atoms with Gasteiger partial charge < -0.3 is 5.32 Å². The first-order valence-corrected chi connectivity index (χ1v) is 11.9. The highest BCUT2D eigenvalue weighted by Crippen LogP contribution is 2.32. The highest BCUT2D eigenvalue weighted by molar-refractivity contribution is 8.16. The zero-order chi connectivity index (χ0) is 20.5. The number of anilines is 1. The fourth-order valence-corrected chi connectivity index (χ4v) is 5.35. The highest BCUT2D eigenvalue weighted by atomic mass is 32.2. The third kappa shape index (κ3) is 7.30. The van der Waals surface area contributed by atoms with E-state index in [1.165, 1.54) is 22.3 Å². The molecule has 0 spiro atoms. The van der Waals surface area contributed by atoms with Crippen molar-refractivity contribution in [1.82, 2.24) is 0 Å². The lowest BCUT2D eigenvalue weighted by Gasteiger charge is -2.17. The van der Waals surface area contributed by atoms with Gasteiger partial charge in [0.25, 0.3) is 0 Å². The molecular weight excluding hydrogens is 394 g/mol. The van der Waals surface area contributed by atoms with Gasteiger partial charge >= 0.3 is 0 Å². The Labute approximate surface area is 182 Å². The largest absolute Gasteiger partial charge is 0.326 e. The molecule has 0 aliphatic rings. The Morgan fingerprint density at radius 2 is 1.34 bits per heavy atom. The quantitative estimate of drug-likeness (QED) is 0.384. The molecule has 0 saturated carbocycles. The van der Waals surface area contributed by atoms with E-state index in [2.05, 4.69) is 73.8 Å². The van der Waals surface area contributed by atoms with Crippen molar-refractivity contribution < 1.29 is 4.79 Å². The summed E-state index contributed by atoms with van der Waals surface area (Å²) in [5.74, 6) is 1.88. The molecule has 0 aliphatic carbocycles. The number of carbonyl (C=O) groups is 1. The Hall–Kier alpha value is -2.17. The van der Waals surface area contributed by atoms with E-state index in [1.54, 1.807) is 0 Å². The van der Waals surface area contributed by atoms with E-state index in [4.69, 9.17) is 0 Å². The van der Waals surface area contributed by atoms with E-state index in [0.29, 0.717) is 6.42 Å². The van der Waals surface area contributed by atoms with Crippen LogP contribution in [0.5, 0.6) is 0 Å². The third-order valence-electron chi connectivity index (χ3n) is 4.70. The van der Waals surface area contributed by atoms with E-state index in [9.17, 15) is 4.79 Å². The van der Waals surface area contributed by atoms with E-state index >= 15 is 0 Å². The molecule has 2 nitrogen and oxygen atoms in total. The standard InChI is InChI=1S/C25H27NOS2/c1-19-13-14-23(15-20(19)2)26-24(27)16-25(28-17-21-9-5-3-6-10-21)29-18-22-11-7-4-8-12-22/h3-15,25H,16-18H2,1-2H3,(H,26,27). The van der Waals surface area contributed by atoms with Gasteiger partial charge in [-0.1, -0.05) is 66.7 Å². The molecule has 0 unspecified atom stereocenters. The van der Waals surface area contributed by atoms with E-state index < -0.39 is 0 Å². The Bertz CT molecular complexity index is 869. The molecule has 150 valence electrons. The molecule has 0 radical (unpaired) electrons. The summed E-state index contributed by atoms with van der Waals surface area (Å²) < 4.78 is 0.196. The molecule has 3 aromatic rings. The summed E-state index contributed by atoms with van der Waals surface area (Å²) in [6.45, 7) is 4.15. The first-order chi connectivity index (χ1) is 14.1. The van der Waals surface area contributed by atoms with Gasteiger partial charge in [0.2, 0.25) is 5.91 Å². The number of rotatable bonds is 9. The van der Waals surface area contributed by atoms with Gasteiger partial charge in [0.1, 0.15) is 0 Å². The monoisotopic (exact) mass is 421 g/mol. The summed E-state index contributed by atoms with van der Waals surface area (Å²) in [7, 11) is 0. The number of amides is 1. The van der Waals surface area contributed by atoms with Crippen LogP contribution in [0, 0.1) is 13.8 Å². The number of carbonyl (C=O) groups excluding carboxylic acids is 1. The summed E-state index contributed by atoms with van der Waals surface area (Å²) in [5, 5.41) is 3.07. The van der Waals surface area contributed by atoms with Gasteiger partial charge in [-0.15, -0.1) is 23.5 Å². The van der Waals surface area contributed by atoms with Crippen molar-refractivity contribution in [2.45, 2.75) is 36.4 Å². The number of hydrogen-bond donors (Lipinski definition) is 1. The normalized spacial score (nSPS) is 10.9.